The molecule has 2 heterocycles. The van der Waals surface area contributed by atoms with E-state index in [4.69, 9.17) is 9.47 Å². The van der Waals surface area contributed by atoms with Gasteiger partial charge in [0, 0.05) is 12.1 Å². The van der Waals surface area contributed by atoms with E-state index in [2.05, 4.69) is 10.3 Å². The number of rotatable bonds is 4. The summed E-state index contributed by atoms with van der Waals surface area (Å²) in [4.78, 5) is 29.4. The van der Waals surface area contributed by atoms with Crippen molar-refractivity contribution >= 4 is 12.0 Å². The Balaban J connectivity index is 1.56. The van der Waals surface area contributed by atoms with Gasteiger partial charge in [0.15, 0.2) is 11.5 Å². The molecule has 7 nitrogen and oxygen atoms in total. The molecule has 1 aromatic rings. The number of amides is 2. The molecule has 1 aliphatic carbocycles. The largest absolute Gasteiger partial charge is 0.485 e. The van der Waals surface area contributed by atoms with Gasteiger partial charge in [0.2, 0.25) is 0 Å². The van der Waals surface area contributed by atoms with Crippen LogP contribution in [-0.2, 0) is 4.74 Å². The average molecular weight is 365 g/mol. The lowest BCUT2D eigenvalue weighted by molar-refractivity contribution is -0.0538. The van der Waals surface area contributed by atoms with Gasteiger partial charge in [-0.25, -0.2) is 14.2 Å². The molecule has 8 heteroatoms. The van der Waals surface area contributed by atoms with Gasteiger partial charge in [0.25, 0.3) is 5.91 Å². The molecule has 0 bridgehead atoms. The van der Waals surface area contributed by atoms with Gasteiger partial charge >= 0.3 is 6.09 Å². The van der Waals surface area contributed by atoms with Gasteiger partial charge in [-0.2, -0.15) is 0 Å². The maximum atomic E-state index is 14.1. The number of hydrogen-bond donors (Lipinski definition) is 1. The number of nitrogens with one attached hydrogen (secondary N) is 1. The van der Waals surface area contributed by atoms with E-state index in [1.54, 1.807) is 25.7 Å². The summed E-state index contributed by atoms with van der Waals surface area (Å²) in [7, 11) is 0. The lowest BCUT2D eigenvalue weighted by Crippen LogP contribution is -2.63. The first kappa shape index (κ1) is 18.4. The second-order valence-corrected chi connectivity index (χ2v) is 7.78. The van der Waals surface area contributed by atoms with Gasteiger partial charge in [-0.1, -0.05) is 0 Å². The Morgan fingerprint density at radius 3 is 2.58 bits per heavy atom. The molecule has 2 amide bonds. The molecule has 0 radical (unpaired) electrons. The number of halogens is 1. The second kappa shape index (κ2) is 6.74. The number of pyridine rings is 1. The second-order valence-electron chi connectivity index (χ2n) is 7.78. The molecule has 26 heavy (non-hydrogen) atoms. The summed E-state index contributed by atoms with van der Waals surface area (Å²) >= 11 is 0. The van der Waals surface area contributed by atoms with Crippen LogP contribution >= 0.6 is 0 Å². The lowest BCUT2D eigenvalue weighted by atomic mass is 10.0. The van der Waals surface area contributed by atoms with Crippen LogP contribution in [0.4, 0.5) is 9.18 Å². The van der Waals surface area contributed by atoms with E-state index >= 15 is 0 Å². The highest BCUT2D eigenvalue weighted by atomic mass is 19.1. The van der Waals surface area contributed by atoms with Crippen LogP contribution in [0, 0.1) is 5.82 Å². The third-order valence-electron chi connectivity index (χ3n) is 4.27. The van der Waals surface area contributed by atoms with Crippen molar-refractivity contribution in [2.45, 2.75) is 64.3 Å². The minimum Gasteiger partial charge on any atom is -0.485 e. The predicted molar refractivity (Wildman–Crippen MR) is 91.5 cm³/mol. The zero-order chi connectivity index (χ0) is 19.1. The Bertz CT molecular complexity index is 715. The van der Waals surface area contributed by atoms with Crippen LogP contribution < -0.4 is 10.1 Å². The van der Waals surface area contributed by atoms with Crippen molar-refractivity contribution in [3.05, 3.63) is 23.8 Å². The smallest absolute Gasteiger partial charge is 0.410 e. The summed E-state index contributed by atoms with van der Waals surface area (Å²) in [6.07, 6.45) is 2.48. The molecule has 1 saturated carbocycles. The van der Waals surface area contributed by atoms with Gasteiger partial charge < -0.3 is 14.8 Å². The van der Waals surface area contributed by atoms with Gasteiger partial charge in [0.1, 0.15) is 17.5 Å². The monoisotopic (exact) mass is 365 g/mol. The highest BCUT2D eigenvalue weighted by Gasteiger charge is 2.42. The SMILES string of the molecule is C[C@@H]1[C@@H](Oc2cnc(C(=O)NC3CC3)c(F)c2)CN1C(=O)OC(C)(C)C. The zero-order valence-electron chi connectivity index (χ0n) is 15.4. The van der Waals surface area contributed by atoms with E-state index in [-0.39, 0.29) is 29.6 Å². The molecule has 1 aliphatic heterocycles. The summed E-state index contributed by atoms with van der Waals surface area (Å²) < 4.78 is 25.2. The van der Waals surface area contributed by atoms with Crippen molar-refractivity contribution in [3.8, 4) is 5.75 Å². The quantitative estimate of drug-likeness (QED) is 0.887. The summed E-state index contributed by atoms with van der Waals surface area (Å²) in [6, 6.07) is 1.08. The molecule has 142 valence electrons. The first-order valence-electron chi connectivity index (χ1n) is 8.77. The molecule has 1 N–H and O–H groups in total. The van der Waals surface area contributed by atoms with Crippen LogP contribution in [0.15, 0.2) is 12.3 Å². The zero-order valence-corrected chi connectivity index (χ0v) is 15.4. The third-order valence-corrected chi connectivity index (χ3v) is 4.27. The van der Waals surface area contributed by atoms with Crippen molar-refractivity contribution < 1.29 is 23.5 Å². The molecular formula is C18H24FN3O4. The van der Waals surface area contributed by atoms with Crippen LogP contribution in [0.3, 0.4) is 0 Å². The van der Waals surface area contributed by atoms with Crippen LogP contribution in [0.5, 0.6) is 5.75 Å². The number of ether oxygens (including phenoxy) is 2. The first-order chi connectivity index (χ1) is 12.1. The molecule has 1 aromatic heterocycles. The van der Waals surface area contributed by atoms with Crippen LogP contribution in [-0.4, -0.2) is 52.2 Å². The van der Waals surface area contributed by atoms with Crippen molar-refractivity contribution in [3.63, 3.8) is 0 Å². The Hall–Kier alpha value is -2.38. The van der Waals surface area contributed by atoms with Crippen molar-refractivity contribution in [2.24, 2.45) is 0 Å². The molecule has 3 rings (SSSR count). The molecule has 2 aliphatic rings. The lowest BCUT2D eigenvalue weighted by Gasteiger charge is -2.45. The molecule has 0 spiro atoms. The minimum absolute atomic E-state index is 0.134. The Labute approximate surface area is 151 Å². The molecule has 2 fully saturated rings. The van der Waals surface area contributed by atoms with E-state index in [0.29, 0.717) is 6.54 Å². The number of aromatic nitrogens is 1. The van der Waals surface area contributed by atoms with Crippen LogP contribution in [0.2, 0.25) is 0 Å². The molecule has 0 aromatic carbocycles. The normalized spacial score (nSPS) is 22.4. The fraction of sp³-hybridized carbons (Fsp3) is 0.611. The van der Waals surface area contributed by atoms with Gasteiger partial charge in [-0.05, 0) is 40.5 Å². The molecule has 1 saturated heterocycles. The van der Waals surface area contributed by atoms with Crippen molar-refractivity contribution in [1.29, 1.82) is 0 Å². The number of hydrogen-bond acceptors (Lipinski definition) is 5. The minimum atomic E-state index is -0.725. The molecule has 2 atom stereocenters. The molecular weight excluding hydrogens is 341 g/mol. The Morgan fingerprint density at radius 2 is 2.04 bits per heavy atom. The first-order valence-corrected chi connectivity index (χ1v) is 8.77. The number of likely N-dealkylation sites (tertiary alicyclic amines) is 1. The average Bonchev–Trinajstić information content (AvgIpc) is 3.32. The number of carbonyl (C=O) groups excluding carboxylic acids is 2. The van der Waals surface area contributed by atoms with E-state index in [1.165, 1.54) is 6.20 Å². The van der Waals surface area contributed by atoms with Gasteiger partial charge in [-0.3, -0.25) is 9.69 Å². The highest BCUT2D eigenvalue weighted by Crippen LogP contribution is 2.26. The van der Waals surface area contributed by atoms with Crippen LogP contribution in [0.25, 0.3) is 0 Å². The summed E-state index contributed by atoms with van der Waals surface area (Å²) in [5.74, 6) is -1.01. The van der Waals surface area contributed by atoms with E-state index in [1.807, 2.05) is 6.92 Å². The van der Waals surface area contributed by atoms with E-state index in [9.17, 15) is 14.0 Å². The predicted octanol–water partition coefficient (Wildman–Crippen LogP) is 2.50. The Morgan fingerprint density at radius 1 is 1.35 bits per heavy atom. The standard InChI is InChI=1S/C18H24FN3O4/c1-10-14(9-22(10)17(24)26-18(2,3)4)25-12-7-13(19)15(20-8-12)16(23)21-11-5-6-11/h7-8,10-11,14H,5-6,9H2,1-4H3,(H,21,23)/t10-,14+/m1/s1. The molecule has 0 unspecified atom stereocenters. The van der Waals surface area contributed by atoms with Gasteiger partial charge in [-0.15, -0.1) is 0 Å². The van der Waals surface area contributed by atoms with E-state index < -0.39 is 23.4 Å². The van der Waals surface area contributed by atoms with Crippen LogP contribution in [0.1, 0.15) is 51.0 Å². The topological polar surface area (TPSA) is 80.8 Å². The van der Waals surface area contributed by atoms with E-state index in [0.717, 1.165) is 18.9 Å². The highest BCUT2D eigenvalue weighted by molar-refractivity contribution is 5.93. The maximum Gasteiger partial charge on any atom is 0.410 e. The fourth-order valence-corrected chi connectivity index (χ4v) is 2.58. The summed E-state index contributed by atoms with van der Waals surface area (Å²) in [5, 5.41) is 2.70. The third kappa shape index (κ3) is 4.23. The number of nitrogens with zero attached hydrogens (tertiary/aromatic N) is 2. The fourth-order valence-electron chi connectivity index (χ4n) is 2.58. The Kier molecular flexibility index (Phi) is 4.77. The maximum absolute atomic E-state index is 14.1. The van der Waals surface area contributed by atoms with Crippen molar-refractivity contribution in [2.75, 3.05) is 6.54 Å². The van der Waals surface area contributed by atoms with Gasteiger partial charge in [0.05, 0.1) is 18.8 Å². The number of carbonyl (C=O) groups is 2. The summed E-state index contributed by atoms with van der Waals surface area (Å²) in [6.45, 7) is 7.59. The van der Waals surface area contributed by atoms with Crippen molar-refractivity contribution in [1.82, 2.24) is 15.2 Å². The summed E-state index contributed by atoms with van der Waals surface area (Å²) in [5.41, 5.74) is -0.798.